The first-order valence-electron chi connectivity index (χ1n) is 5.92. The quantitative estimate of drug-likeness (QED) is 0.851. The Morgan fingerprint density at radius 2 is 2.15 bits per heavy atom. The van der Waals surface area contributed by atoms with Crippen LogP contribution in [0.2, 0.25) is 0 Å². The van der Waals surface area contributed by atoms with E-state index in [9.17, 15) is 8.42 Å². The summed E-state index contributed by atoms with van der Waals surface area (Å²) in [7, 11) is -2.16. The van der Waals surface area contributed by atoms with Gasteiger partial charge in [0.25, 0.3) is 10.0 Å². The van der Waals surface area contributed by atoms with Crippen LogP contribution in [0.4, 0.5) is 0 Å². The lowest BCUT2D eigenvalue weighted by Gasteiger charge is -2.16. The molecule has 0 bridgehead atoms. The molecule has 108 valence electrons. The zero-order valence-electron chi connectivity index (χ0n) is 11.2. The van der Waals surface area contributed by atoms with Crippen LogP contribution in [0.3, 0.4) is 0 Å². The van der Waals surface area contributed by atoms with E-state index < -0.39 is 10.0 Å². The number of aromatic nitrogens is 3. The first-order valence-corrected chi connectivity index (χ1v) is 7.89. The van der Waals surface area contributed by atoms with Crippen molar-refractivity contribution in [2.45, 2.75) is 24.4 Å². The highest BCUT2D eigenvalue weighted by molar-refractivity contribution is 7.89. The van der Waals surface area contributed by atoms with E-state index in [0.29, 0.717) is 11.3 Å². The van der Waals surface area contributed by atoms with Gasteiger partial charge in [0.1, 0.15) is 0 Å². The predicted molar refractivity (Wildman–Crippen MR) is 75.8 cm³/mol. The summed E-state index contributed by atoms with van der Waals surface area (Å²) in [6, 6.07) is 5.49. The molecule has 0 radical (unpaired) electrons. The van der Waals surface area contributed by atoms with E-state index in [4.69, 9.17) is 11.6 Å². The van der Waals surface area contributed by atoms with Crippen LogP contribution in [0.1, 0.15) is 17.0 Å². The molecule has 1 N–H and O–H groups in total. The molecule has 0 unspecified atom stereocenters. The third-order valence-electron chi connectivity index (χ3n) is 2.82. The number of hydrogen-bond acceptors (Lipinski definition) is 4. The summed E-state index contributed by atoms with van der Waals surface area (Å²) < 4.78 is 26.1. The van der Waals surface area contributed by atoms with Gasteiger partial charge in [-0.15, -0.1) is 11.6 Å². The second-order valence-electron chi connectivity index (χ2n) is 4.39. The zero-order chi connectivity index (χ0) is 14.8. The second kappa shape index (κ2) is 5.90. The molecule has 0 spiro atoms. The number of aryl methyl sites for hydroxylation is 1. The van der Waals surface area contributed by atoms with E-state index in [1.807, 2.05) is 19.1 Å². The average molecular weight is 315 g/mol. The smallest absolute Gasteiger partial charge is 0.260 e. The highest BCUT2D eigenvalue weighted by Crippen LogP contribution is 2.19. The standard InChI is InChI=1S/C12H15ClN4O2S/c1-9-4-3-5-11(15-9)8-17(2)20(18,19)12-10(6-13)7-14-16-12/h3-5,7H,6,8H2,1-2H3,(H,14,16). The number of aromatic amines is 1. The minimum atomic E-state index is -3.66. The van der Waals surface area contributed by atoms with E-state index in [0.717, 1.165) is 5.69 Å². The number of alkyl halides is 1. The van der Waals surface area contributed by atoms with E-state index in [1.54, 1.807) is 6.07 Å². The van der Waals surface area contributed by atoms with Gasteiger partial charge in [-0.2, -0.15) is 9.40 Å². The van der Waals surface area contributed by atoms with Crippen molar-refractivity contribution in [2.24, 2.45) is 0 Å². The SMILES string of the molecule is Cc1cccc(CN(C)S(=O)(=O)c2[nH]ncc2CCl)n1. The molecule has 0 aliphatic rings. The van der Waals surface area contributed by atoms with E-state index >= 15 is 0 Å². The van der Waals surface area contributed by atoms with Gasteiger partial charge in [-0.3, -0.25) is 10.1 Å². The Labute approximate surface area is 122 Å². The lowest BCUT2D eigenvalue weighted by atomic mass is 10.3. The lowest BCUT2D eigenvalue weighted by molar-refractivity contribution is 0.458. The van der Waals surface area contributed by atoms with Crippen LogP contribution in [0.25, 0.3) is 0 Å². The normalized spacial score (nSPS) is 12.0. The number of H-pyrrole nitrogens is 1. The molecular weight excluding hydrogens is 300 g/mol. The monoisotopic (exact) mass is 314 g/mol. The molecule has 2 aromatic rings. The van der Waals surface area contributed by atoms with Crippen molar-refractivity contribution in [3.63, 3.8) is 0 Å². The molecule has 0 fully saturated rings. The highest BCUT2D eigenvalue weighted by Gasteiger charge is 2.26. The molecule has 0 aromatic carbocycles. The largest absolute Gasteiger partial charge is 0.266 e. The Morgan fingerprint density at radius 1 is 1.40 bits per heavy atom. The minimum Gasteiger partial charge on any atom is -0.266 e. The van der Waals surface area contributed by atoms with Gasteiger partial charge < -0.3 is 0 Å². The van der Waals surface area contributed by atoms with Crippen LogP contribution in [0.5, 0.6) is 0 Å². The molecule has 2 heterocycles. The number of nitrogens with one attached hydrogen (secondary N) is 1. The topological polar surface area (TPSA) is 79.0 Å². The first kappa shape index (κ1) is 15.0. The van der Waals surface area contributed by atoms with Crippen LogP contribution in [-0.4, -0.2) is 35.0 Å². The minimum absolute atomic E-state index is 0.0302. The van der Waals surface area contributed by atoms with Crippen LogP contribution in [0, 0.1) is 6.92 Å². The Bertz CT molecular complexity index is 699. The van der Waals surface area contributed by atoms with E-state index in [1.165, 1.54) is 17.5 Å². The van der Waals surface area contributed by atoms with Crippen LogP contribution < -0.4 is 0 Å². The molecular formula is C12H15ClN4O2S. The molecule has 8 heteroatoms. The van der Waals surface area contributed by atoms with Crippen LogP contribution in [0.15, 0.2) is 29.4 Å². The molecule has 2 rings (SSSR count). The summed E-state index contributed by atoms with van der Waals surface area (Å²) >= 11 is 5.71. The summed E-state index contributed by atoms with van der Waals surface area (Å²) in [6.45, 7) is 2.04. The molecule has 0 saturated carbocycles. The fraction of sp³-hybridized carbons (Fsp3) is 0.333. The second-order valence-corrected chi connectivity index (χ2v) is 6.64. The summed E-state index contributed by atoms with van der Waals surface area (Å²) in [5, 5.41) is 6.25. The van der Waals surface area contributed by atoms with Crippen molar-refractivity contribution in [1.82, 2.24) is 19.5 Å². The summed E-state index contributed by atoms with van der Waals surface area (Å²) in [4.78, 5) is 4.29. The Morgan fingerprint density at radius 3 is 2.80 bits per heavy atom. The number of nitrogens with zero attached hydrogens (tertiary/aromatic N) is 3. The molecule has 20 heavy (non-hydrogen) atoms. The van der Waals surface area contributed by atoms with Gasteiger partial charge in [0, 0.05) is 18.3 Å². The zero-order valence-corrected chi connectivity index (χ0v) is 12.7. The van der Waals surface area contributed by atoms with Gasteiger partial charge >= 0.3 is 0 Å². The predicted octanol–water partition coefficient (Wildman–Crippen LogP) is 1.67. The maximum Gasteiger partial charge on any atom is 0.260 e. The number of halogens is 1. The summed E-state index contributed by atoms with van der Waals surface area (Å²) in [6.07, 6.45) is 1.42. The van der Waals surface area contributed by atoms with Crippen LogP contribution in [-0.2, 0) is 22.4 Å². The average Bonchev–Trinajstić information content (AvgIpc) is 2.87. The van der Waals surface area contributed by atoms with Crippen molar-refractivity contribution in [2.75, 3.05) is 7.05 Å². The molecule has 0 saturated heterocycles. The van der Waals surface area contributed by atoms with Gasteiger partial charge in [0.15, 0.2) is 5.03 Å². The van der Waals surface area contributed by atoms with E-state index in [2.05, 4.69) is 15.2 Å². The first-order chi connectivity index (χ1) is 9.45. The lowest BCUT2D eigenvalue weighted by Crippen LogP contribution is -2.28. The van der Waals surface area contributed by atoms with Crippen molar-refractivity contribution in [3.8, 4) is 0 Å². The third kappa shape index (κ3) is 3.00. The molecule has 6 nitrogen and oxygen atoms in total. The van der Waals surface area contributed by atoms with Crippen molar-refractivity contribution < 1.29 is 8.42 Å². The Kier molecular flexibility index (Phi) is 4.42. The molecule has 2 aromatic heterocycles. The Hall–Kier alpha value is -1.44. The molecule has 0 aliphatic heterocycles. The maximum absolute atomic E-state index is 12.4. The summed E-state index contributed by atoms with van der Waals surface area (Å²) in [5.41, 5.74) is 1.98. The molecule has 0 amide bonds. The van der Waals surface area contributed by atoms with Gasteiger partial charge in [-0.05, 0) is 19.1 Å². The van der Waals surface area contributed by atoms with Crippen LogP contribution >= 0.6 is 11.6 Å². The third-order valence-corrected chi connectivity index (χ3v) is 4.93. The molecule has 0 atom stereocenters. The number of pyridine rings is 1. The van der Waals surface area contributed by atoms with Gasteiger partial charge in [0.05, 0.1) is 24.3 Å². The van der Waals surface area contributed by atoms with Gasteiger partial charge in [0.2, 0.25) is 0 Å². The Balaban J connectivity index is 2.26. The van der Waals surface area contributed by atoms with Crippen molar-refractivity contribution in [1.29, 1.82) is 0 Å². The van der Waals surface area contributed by atoms with Gasteiger partial charge in [-0.1, -0.05) is 6.07 Å². The van der Waals surface area contributed by atoms with Gasteiger partial charge in [-0.25, -0.2) is 8.42 Å². The van der Waals surface area contributed by atoms with Crippen molar-refractivity contribution >= 4 is 21.6 Å². The van der Waals surface area contributed by atoms with E-state index in [-0.39, 0.29) is 17.5 Å². The maximum atomic E-state index is 12.4. The fourth-order valence-electron chi connectivity index (χ4n) is 1.77. The number of hydrogen-bond donors (Lipinski definition) is 1. The summed E-state index contributed by atoms with van der Waals surface area (Å²) in [5.74, 6) is 0.0849. The number of rotatable bonds is 5. The fourth-order valence-corrected chi connectivity index (χ4v) is 3.29. The highest BCUT2D eigenvalue weighted by atomic mass is 35.5. The van der Waals surface area contributed by atoms with Crippen molar-refractivity contribution in [3.05, 3.63) is 41.3 Å². The molecule has 0 aliphatic carbocycles. The number of sulfonamides is 1.